The zero-order valence-corrected chi connectivity index (χ0v) is 10.1. The second-order valence-electron chi connectivity index (χ2n) is 5.54. The Kier molecular flexibility index (Phi) is 2.74. The molecular formula is C12H19N3O. The van der Waals surface area contributed by atoms with E-state index in [9.17, 15) is 4.79 Å². The first-order valence-electron chi connectivity index (χ1n) is 5.83. The predicted molar refractivity (Wildman–Crippen MR) is 63.3 cm³/mol. The van der Waals surface area contributed by atoms with Crippen molar-refractivity contribution < 1.29 is 4.79 Å². The normalized spacial score (nSPS) is 16.9. The number of H-pyrrole nitrogens is 1. The second kappa shape index (κ2) is 3.92. The number of hydrogen-bond acceptors (Lipinski definition) is 2. The molecule has 1 aliphatic carbocycles. The van der Waals surface area contributed by atoms with Crippen LogP contribution in [0.2, 0.25) is 0 Å². The van der Waals surface area contributed by atoms with Crippen LogP contribution in [0.4, 0.5) is 5.82 Å². The van der Waals surface area contributed by atoms with Crippen LogP contribution < -0.4 is 5.32 Å². The molecule has 1 heterocycles. The number of nitrogens with zero attached hydrogens (tertiary/aromatic N) is 1. The summed E-state index contributed by atoms with van der Waals surface area (Å²) in [6.45, 7) is 5.67. The van der Waals surface area contributed by atoms with Gasteiger partial charge in [0.05, 0.1) is 0 Å². The molecule has 0 unspecified atom stereocenters. The van der Waals surface area contributed by atoms with E-state index in [4.69, 9.17) is 0 Å². The summed E-state index contributed by atoms with van der Waals surface area (Å²) in [7, 11) is 0. The largest absolute Gasteiger partial charge is 0.309 e. The minimum atomic E-state index is -0.379. The van der Waals surface area contributed by atoms with E-state index in [1.807, 2.05) is 26.8 Å². The molecule has 0 radical (unpaired) electrons. The van der Waals surface area contributed by atoms with Crippen LogP contribution in [0.5, 0.6) is 0 Å². The fourth-order valence-electron chi connectivity index (χ4n) is 1.63. The van der Waals surface area contributed by atoms with Gasteiger partial charge in [-0.05, 0) is 12.8 Å². The van der Waals surface area contributed by atoms with Crippen molar-refractivity contribution in [3.8, 4) is 0 Å². The molecule has 4 nitrogen and oxygen atoms in total. The van der Waals surface area contributed by atoms with Gasteiger partial charge in [-0.1, -0.05) is 27.2 Å². The summed E-state index contributed by atoms with van der Waals surface area (Å²) in [6.07, 6.45) is 3.76. The summed E-state index contributed by atoms with van der Waals surface area (Å²) < 4.78 is 0. The molecule has 16 heavy (non-hydrogen) atoms. The first-order valence-corrected chi connectivity index (χ1v) is 5.83. The number of nitrogens with one attached hydrogen (secondary N) is 2. The Balaban J connectivity index is 2.00. The molecule has 0 spiro atoms. The van der Waals surface area contributed by atoms with Crippen molar-refractivity contribution in [1.29, 1.82) is 0 Å². The van der Waals surface area contributed by atoms with Gasteiger partial charge < -0.3 is 5.32 Å². The van der Waals surface area contributed by atoms with E-state index in [0.29, 0.717) is 11.7 Å². The average molecular weight is 221 g/mol. The Morgan fingerprint density at radius 2 is 2.19 bits per heavy atom. The lowest BCUT2D eigenvalue weighted by atomic mass is 9.83. The Morgan fingerprint density at radius 3 is 2.69 bits per heavy atom. The monoisotopic (exact) mass is 221 g/mol. The van der Waals surface area contributed by atoms with E-state index in [1.165, 1.54) is 19.3 Å². The molecule has 1 aromatic heterocycles. The number of carbonyl (C=O) groups excluding carboxylic acids is 1. The van der Waals surface area contributed by atoms with Gasteiger partial charge in [0, 0.05) is 23.1 Å². The first-order chi connectivity index (χ1) is 7.47. The maximum Gasteiger partial charge on any atom is 0.230 e. The van der Waals surface area contributed by atoms with Crippen molar-refractivity contribution in [3.63, 3.8) is 0 Å². The van der Waals surface area contributed by atoms with Crippen molar-refractivity contribution in [3.05, 3.63) is 11.8 Å². The molecule has 4 heteroatoms. The van der Waals surface area contributed by atoms with Crippen LogP contribution in [0.25, 0.3) is 0 Å². The molecule has 0 bridgehead atoms. The highest BCUT2D eigenvalue weighted by Gasteiger charge is 2.24. The molecule has 0 saturated heterocycles. The van der Waals surface area contributed by atoms with Gasteiger partial charge in [-0.25, -0.2) is 0 Å². The molecule has 1 amide bonds. The zero-order chi connectivity index (χ0) is 11.8. The summed E-state index contributed by atoms with van der Waals surface area (Å²) in [6, 6.07) is 1.95. The fourth-order valence-corrected chi connectivity index (χ4v) is 1.63. The highest BCUT2D eigenvalue weighted by molar-refractivity contribution is 5.93. The molecule has 1 aliphatic rings. The maximum atomic E-state index is 11.7. The lowest BCUT2D eigenvalue weighted by Crippen LogP contribution is -2.27. The lowest BCUT2D eigenvalue weighted by molar-refractivity contribution is -0.123. The quantitative estimate of drug-likeness (QED) is 0.806. The van der Waals surface area contributed by atoms with E-state index in [0.717, 1.165) is 5.69 Å². The van der Waals surface area contributed by atoms with Gasteiger partial charge in [0.25, 0.3) is 0 Å². The number of aromatic amines is 1. The van der Waals surface area contributed by atoms with Crippen LogP contribution in [0, 0.1) is 5.41 Å². The van der Waals surface area contributed by atoms with E-state index < -0.39 is 0 Å². The number of rotatable bonds is 2. The van der Waals surface area contributed by atoms with Crippen LogP contribution in [0.3, 0.4) is 0 Å². The first kappa shape index (κ1) is 11.2. The summed E-state index contributed by atoms with van der Waals surface area (Å²) in [5, 5.41) is 9.94. The number of anilines is 1. The number of aromatic nitrogens is 2. The third kappa shape index (κ3) is 2.26. The maximum absolute atomic E-state index is 11.7. The van der Waals surface area contributed by atoms with E-state index >= 15 is 0 Å². The molecule has 2 rings (SSSR count). The minimum absolute atomic E-state index is 0.000778. The van der Waals surface area contributed by atoms with Gasteiger partial charge in [0.1, 0.15) is 0 Å². The molecule has 0 aliphatic heterocycles. The van der Waals surface area contributed by atoms with Crippen LogP contribution in [0.1, 0.15) is 51.6 Å². The Morgan fingerprint density at radius 1 is 1.50 bits per heavy atom. The van der Waals surface area contributed by atoms with Gasteiger partial charge in [0.2, 0.25) is 5.91 Å². The standard InChI is InChI=1S/C12H19N3O/c1-12(2,3)11(16)13-10-7-9(14-15-10)8-5-4-6-8/h7-8H,4-6H2,1-3H3,(H2,13,14,15,16). The molecule has 1 fully saturated rings. The summed E-state index contributed by atoms with van der Waals surface area (Å²) >= 11 is 0. The van der Waals surface area contributed by atoms with Gasteiger partial charge in [0.15, 0.2) is 5.82 Å². The van der Waals surface area contributed by atoms with Crippen LogP contribution in [-0.4, -0.2) is 16.1 Å². The van der Waals surface area contributed by atoms with E-state index in [2.05, 4.69) is 15.5 Å². The Labute approximate surface area is 95.8 Å². The SMILES string of the molecule is CC(C)(C)C(=O)Nc1cc(C2CCC2)[nH]n1. The smallest absolute Gasteiger partial charge is 0.230 e. The molecule has 1 saturated carbocycles. The average Bonchev–Trinajstić information content (AvgIpc) is 2.48. The molecule has 0 atom stereocenters. The summed E-state index contributed by atoms with van der Waals surface area (Å²) in [5.74, 6) is 1.26. The van der Waals surface area contributed by atoms with Gasteiger partial charge in [-0.15, -0.1) is 0 Å². The molecule has 0 aromatic carbocycles. The highest BCUT2D eigenvalue weighted by atomic mass is 16.2. The van der Waals surface area contributed by atoms with Crippen molar-refractivity contribution >= 4 is 11.7 Å². The highest BCUT2D eigenvalue weighted by Crippen LogP contribution is 2.35. The molecular weight excluding hydrogens is 202 g/mol. The number of carbonyl (C=O) groups is 1. The summed E-state index contributed by atoms with van der Waals surface area (Å²) in [4.78, 5) is 11.7. The van der Waals surface area contributed by atoms with Crippen molar-refractivity contribution in [2.45, 2.75) is 46.0 Å². The Bertz CT molecular complexity index is 385. The third-order valence-corrected chi connectivity index (χ3v) is 3.07. The Hall–Kier alpha value is -1.32. The van der Waals surface area contributed by atoms with Crippen molar-refractivity contribution in [1.82, 2.24) is 10.2 Å². The van der Waals surface area contributed by atoms with Gasteiger partial charge in [-0.3, -0.25) is 9.89 Å². The molecule has 2 N–H and O–H groups in total. The van der Waals surface area contributed by atoms with Crippen molar-refractivity contribution in [2.24, 2.45) is 5.41 Å². The van der Waals surface area contributed by atoms with E-state index in [1.54, 1.807) is 0 Å². The number of hydrogen-bond donors (Lipinski definition) is 2. The van der Waals surface area contributed by atoms with Gasteiger partial charge >= 0.3 is 0 Å². The second-order valence-corrected chi connectivity index (χ2v) is 5.54. The third-order valence-electron chi connectivity index (χ3n) is 3.07. The summed E-state index contributed by atoms with van der Waals surface area (Å²) in [5.41, 5.74) is 0.769. The topological polar surface area (TPSA) is 57.8 Å². The zero-order valence-electron chi connectivity index (χ0n) is 10.1. The lowest BCUT2D eigenvalue weighted by Gasteiger charge is -2.23. The van der Waals surface area contributed by atoms with Gasteiger partial charge in [-0.2, -0.15) is 5.10 Å². The minimum Gasteiger partial charge on any atom is -0.309 e. The van der Waals surface area contributed by atoms with Crippen molar-refractivity contribution in [2.75, 3.05) is 5.32 Å². The van der Waals surface area contributed by atoms with Crippen LogP contribution in [0.15, 0.2) is 6.07 Å². The number of amides is 1. The molecule has 88 valence electrons. The van der Waals surface area contributed by atoms with Crippen LogP contribution in [-0.2, 0) is 4.79 Å². The van der Waals surface area contributed by atoms with Crippen LogP contribution >= 0.6 is 0 Å². The molecule has 1 aromatic rings. The van der Waals surface area contributed by atoms with E-state index in [-0.39, 0.29) is 11.3 Å². The predicted octanol–water partition coefficient (Wildman–Crippen LogP) is 2.66. The fraction of sp³-hybridized carbons (Fsp3) is 0.667.